The van der Waals surface area contributed by atoms with Crippen molar-refractivity contribution >= 4 is 40.8 Å². The number of ether oxygens (including phenoxy) is 2. The Balaban J connectivity index is 1.63. The van der Waals surface area contributed by atoms with E-state index in [0.717, 1.165) is 0 Å². The molecule has 0 aliphatic heterocycles. The molecule has 2 aromatic carbocycles. The van der Waals surface area contributed by atoms with Gasteiger partial charge in [-0.25, -0.2) is 0 Å². The van der Waals surface area contributed by atoms with Gasteiger partial charge in [0.1, 0.15) is 5.75 Å². The Morgan fingerprint density at radius 1 is 0.929 bits per heavy atom. The number of rotatable bonds is 9. The maximum atomic E-state index is 11.8. The normalized spacial score (nSPS) is 10.1. The molecule has 0 aliphatic carbocycles. The predicted octanol–water partition coefficient (Wildman–Crippen LogP) is 3.64. The van der Waals surface area contributed by atoms with E-state index >= 15 is 0 Å². The van der Waals surface area contributed by atoms with Gasteiger partial charge in [0.2, 0.25) is 5.91 Å². The van der Waals surface area contributed by atoms with Crippen LogP contribution in [0.15, 0.2) is 48.5 Å². The lowest BCUT2D eigenvalue weighted by molar-refractivity contribution is -0.147. The quantitative estimate of drug-likeness (QED) is 0.622. The molecule has 0 atom stereocenters. The van der Waals surface area contributed by atoms with Gasteiger partial charge in [-0.2, -0.15) is 0 Å². The van der Waals surface area contributed by atoms with Crippen molar-refractivity contribution in [2.75, 3.05) is 24.4 Å². The molecule has 0 saturated heterocycles. The van der Waals surface area contributed by atoms with Crippen LogP contribution < -0.4 is 15.4 Å². The fourth-order valence-electron chi connectivity index (χ4n) is 2.27. The van der Waals surface area contributed by atoms with Crippen LogP contribution in [0.5, 0.6) is 5.75 Å². The summed E-state index contributed by atoms with van der Waals surface area (Å²) in [5.74, 6) is -0.611. The third kappa shape index (κ3) is 7.67. The molecule has 0 saturated carbocycles. The molecule has 0 spiro atoms. The van der Waals surface area contributed by atoms with E-state index < -0.39 is 18.5 Å². The van der Waals surface area contributed by atoms with Crippen LogP contribution in [0.3, 0.4) is 0 Å². The molecular formula is C20H21ClN2O5. The van der Waals surface area contributed by atoms with Crippen molar-refractivity contribution in [1.29, 1.82) is 0 Å². The topological polar surface area (TPSA) is 93.7 Å². The zero-order valence-corrected chi connectivity index (χ0v) is 16.1. The fraction of sp³-hybridized carbons (Fsp3) is 0.250. The first-order valence-corrected chi connectivity index (χ1v) is 8.99. The van der Waals surface area contributed by atoms with Gasteiger partial charge in [0.05, 0.1) is 7.11 Å². The van der Waals surface area contributed by atoms with Crippen molar-refractivity contribution in [3.05, 3.63) is 53.6 Å². The van der Waals surface area contributed by atoms with E-state index in [9.17, 15) is 14.4 Å². The van der Waals surface area contributed by atoms with Crippen LogP contribution in [0.4, 0.5) is 11.4 Å². The van der Waals surface area contributed by atoms with Crippen molar-refractivity contribution in [2.45, 2.75) is 19.3 Å². The molecule has 2 N–H and O–H groups in total. The number of hydrogen-bond acceptors (Lipinski definition) is 5. The largest absolute Gasteiger partial charge is 0.497 e. The molecule has 2 aromatic rings. The van der Waals surface area contributed by atoms with E-state index in [-0.39, 0.29) is 18.7 Å². The van der Waals surface area contributed by atoms with Gasteiger partial charge in [-0.1, -0.05) is 17.7 Å². The van der Waals surface area contributed by atoms with E-state index in [1.54, 1.807) is 48.5 Å². The van der Waals surface area contributed by atoms with E-state index in [1.807, 2.05) is 0 Å². The first-order valence-electron chi connectivity index (χ1n) is 8.61. The van der Waals surface area contributed by atoms with Crippen LogP contribution in [-0.4, -0.2) is 31.5 Å². The van der Waals surface area contributed by atoms with Gasteiger partial charge in [0.25, 0.3) is 5.91 Å². The van der Waals surface area contributed by atoms with Gasteiger partial charge in [-0.15, -0.1) is 0 Å². The monoisotopic (exact) mass is 404 g/mol. The van der Waals surface area contributed by atoms with Crippen LogP contribution in [-0.2, 0) is 19.1 Å². The maximum absolute atomic E-state index is 11.8. The molecule has 2 amide bonds. The maximum Gasteiger partial charge on any atom is 0.306 e. The van der Waals surface area contributed by atoms with Crippen molar-refractivity contribution in [3.63, 3.8) is 0 Å². The summed E-state index contributed by atoms with van der Waals surface area (Å²) in [6.07, 6.45) is 0.518. The Labute approximate surface area is 168 Å². The zero-order chi connectivity index (χ0) is 20.4. The van der Waals surface area contributed by atoms with Crippen molar-refractivity contribution < 1.29 is 23.9 Å². The molecule has 148 valence electrons. The zero-order valence-electron chi connectivity index (χ0n) is 15.4. The molecule has 8 heteroatoms. The van der Waals surface area contributed by atoms with Crippen LogP contribution in [0.1, 0.15) is 19.3 Å². The molecule has 0 bridgehead atoms. The predicted molar refractivity (Wildman–Crippen MR) is 107 cm³/mol. The standard InChI is InChI=1S/C20H21ClN2O5/c1-27-17-5-2-4-16(12-17)23-19(25)13-28-20(26)7-3-6-18(24)22-15-10-8-14(21)9-11-15/h2,4-5,8-12H,3,6-7,13H2,1H3,(H,22,24)(H,23,25). The van der Waals surface area contributed by atoms with Crippen molar-refractivity contribution in [1.82, 2.24) is 0 Å². The number of carbonyl (C=O) groups excluding carboxylic acids is 3. The van der Waals surface area contributed by atoms with Crippen LogP contribution in [0.25, 0.3) is 0 Å². The average Bonchev–Trinajstić information content (AvgIpc) is 2.68. The van der Waals surface area contributed by atoms with Gasteiger partial charge in [-0.3, -0.25) is 14.4 Å². The third-order valence-electron chi connectivity index (χ3n) is 3.63. The van der Waals surface area contributed by atoms with Gasteiger partial charge in [0.15, 0.2) is 6.61 Å². The lowest BCUT2D eigenvalue weighted by Crippen LogP contribution is -2.21. The summed E-state index contributed by atoms with van der Waals surface area (Å²) in [4.78, 5) is 35.4. The smallest absolute Gasteiger partial charge is 0.306 e. The molecule has 0 fully saturated rings. The summed E-state index contributed by atoms with van der Waals surface area (Å²) >= 11 is 5.78. The summed E-state index contributed by atoms with van der Waals surface area (Å²) in [7, 11) is 1.53. The number of esters is 1. The van der Waals surface area contributed by atoms with Gasteiger partial charge in [0, 0.05) is 35.3 Å². The third-order valence-corrected chi connectivity index (χ3v) is 3.88. The number of methoxy groups -OCH3 is 1. The Bertz CT molecular complexity index is 824. The van der Waals surface area contributed by atoms with E-state index in [0.29, 0.717) is 28.6 Å². The van der Waals surface area contributed by atoms with Gasteiger partial charge in [-0.05, 0) is 42.8 Å². The summed E-state index contributed by atoms with van der Waals surface area (Å²) in [6, 6.07) is 13.6. The van der Waals surface area contributed by atoms with Gasteiger partial charge >= 0.3 is 5.97 Å². The van der Waals surface area contributed by atoms with Gasteiger partial charge < -0.3 is 20.1 Å². The van der Waals surface area contributed by atoms with E-state index in [1.165, 1.54) is 7.11 Å². The second-order valence-electron chi connectivity index (χ2n) is 5.85. The average molecular weight is 405 g/mol. The fourth-order valence-corrected chi connectivity index (χ4v) is 2.39. The van der Waals surface area contributed by atoms with E-state index in [4.69, 9.17) is 21.1 Å². The molecule has 0 unspecified atom stereocenters. The number of carbonyl (C=O) groups is 3. The molecule has 0 radical (unpaired) electrons. The van der Waals surface area contributed by atoms with Crippen molar-refractivity contribution in [2.24, 2.45) is 0 Å². The molecule has 0 aliphatic rings. The molecule has 28 heavy (non-hydrogen) atoms. The summed E-state index contributed by atoms with van der Waals surface area (Å²) < 4.78 is 9.98. The first kappa shape index (κ1) is 21.2. The minimum atomic E-state index is -0.542. The lowest BCUT2D eigenvalue weighted by atomic mass is 10.2. The Kier molecular flexibility index (Phi) is 8.30. The summed E-state index contributed by atoms with van der Waals surface area (Å²) in [5.41, 5.74) is 1.17. The first-order chi connectivity index (χ1) is 13.5. The highest BCUT2D eigenvalue weighted by atomic mass is 35.5. The molecule has 2 rings (SSSR count). The van der Waals surface area contributed by atoms with Crippen LogP contribution >= 0.6 is 11.6 Å². The Hall–Kier alpha value is -3.06. The number of hydrogen-bond donors (Lipinski definition) is 2. The second-order valence-corrected chi connectivity index (χ2v) is 6.29. The minimum absolute atomic E-state index is 0.0421. The molecule has 0 aromatic heterocycles. The number of halogens is 1. The SMILES string of the molecule is COc1cccc(NC(=O)COC(=O)CCCC(=O)Nc2ccc(Cl)cc2)c1. The van der Waals surface area contributed by atoms with Crippen LogP contribution in [0.2, 0.25) is 5.02 Å². The number of amides is 2. The number of nitrogens with one attached hydrogen (secondary N) is 2. The molecule has 0 heterocycles. The summed E-state index contributed by atoms with van der Waals surface area (Å²) in [5, 5.41) is 5.89. The molecule has 7 nitrogen and oxygen atoms in total. The highest BCUT2D eigenvalue weighted by Gasteiger charge is 2.10. The number of benzene rings is 2. The molecular weight excluding hydrogens is 384 g/mol. The lowest BCUT2D eigenvalue weighted by Gasteiger charge is -2.08. The van der Waals surface area contributed by atoms with Crippen LogP contribution in [0, 0.1) is 0 Å². The summed E-state index contributed by atoms with van der Waals surface area (Å²) in [6.45, 7) is -0.396. The van der Waals surface area contributed by atoms with Crippen molar-refractivity contribution in [3.8, 4) is 5.75 Å². The second kappa shape index (κ2) is 10.9. The Morgan fingerprint density at radius 3 is 2.36 bits per heavy atom. The Morgan fingerprint density at radius 2 is 1.64 bits per heavy atom. The van der Waals surface area contributed by atoms with E-state index in [2.05, 4.69) is 10.6 Å². The highest BCUT2D eigenvalue weighted by Crippen LogP contribution is 2.16. The highest BCUT2D eigenvalue weighted by molar-refractivity contribution is 6.30. The minimum Gasteiger partial charge on any atom is -0.497 e. The number of anilines is 2.